The molecule has 0 amide bonds. The second kappa shape index (κ2) is 13.9. The molecule has 2 aliphatic carbocycles. The molecule has 0 aliphatic heterocycles. The Morgan fingerprint density at radius 2 is 1.10 bits per heavy atom. The van der Waals surface area contributed by atoms with Crippen molar-refractivity contribution in [3.63, 3.8) is 0 Å². The van der Waals surface area contributed by atoms with E-state index in [0.717, 1.165) is 62.0 Å². The van der Waals surface area contributed by atoms with Crippen molar-refractivity contribution in [2.45, 2.75) is 11.3 Å². The summed E-state index contributed by atoms with van der Waals surface area (Å²) < 4.78 is 18.1. The van der Waals surface area contributed by atoms with Gasteiger partial charge in [0.1, 0.15) is 17.0 Å². The van der Waals surface area contributed by atoms with Crippen molar-refractivity contribution >= 4 is 55.2 Å². The summed E-state index contributed by atoms with van der Waals surface area (Å²) >= 11 is 0. The monoisotopic (exact) mass is 810 g/mol. The van der Waals surface area contributed by atoms with Crippen molar-refractivity contribution < 1.29 is 13.3 Å². The van der Waals surface area contributed by atoms with Gasteiger partial charge < -0.3 is 18.2 Å². The van der Waals surface area contributed by atoms with Crippen LogP contribution in [0.5, 0.6) is 0 Å². The van der Waals surface area contributed by atoms with Gasteiger partial charge in [0.15, 0.2) is 16.7 Å². The van der Waals surface area contributed by atoms with Gasteiger partial charge in [0.05, 0.1) is 11.7 Å². The Kier molecular flexibility index (Phi) is 7.88. The average Bonchev–Trinajstić information content (AvgIpc) is 4.15. The first-order chi connectivity index (χ1) is 31.2. The van der Waals surface area contributed by atoms with Gasteiger partial charge in [-0.2, -0.15) is 0 Å². The number of pyridine rings is 1. The van der Waals surface area contributed by atoms with Gasteiger partial charge in [0.25, 0.3) is 0 Å². The molecule has 2 atom stereocenters. The molecule has 0 fully saturated rings. The summed E-state index contributed by atoms with van der Waals surface area (Å²) in [5.74, 6) is 1.68. The van der Waals surface area contributed by atoms with Crippen LogP contribution in [0, 0.1) is 5.92 Å². The fraction of sp³-hybridized carbons (Fsp3) is 0.0517. The predicted molar refractivity (Wildman–Crippen MR) is 253 cm³/mol. The minimum atomic E-state index is -0.521. The largest absolute Gasteiger partial charge is 0.461 e. The maximum absolute atomic E-state index is 6.26. The smallest absolute Gasteiger partial charge is 0.173 e. The fourth-order valence-electron chi connectivity index (χ4n) is 10.7. The van der Waals surface area contributed by atoms with Gasteiger partial charge in [-0.15, -0.1) is 0 Å². The van der Waals surface area contributed by atoms with Crippen molar-refractivity contribution in [2.75, 3.05) is 4.90 Å². The molecule has 0 bridgehead atoms. The van der Waals surface area contributed by atoms with Gasteiger partial charge in [0, 0.05) is 64.4 Å². The Morgan fingerprint density at radius 3 is 1.75 bits per heavy atom. The molecular formula is C58H38N2O3. The number of hydrogen-bond acceptors (Lipinski definition) is 5. The predicted octanol–water partition coefficient (Wildman–Crippen LogP) is 15.1. The number of nitrogens with zero attached hydrogens (tertiary/aromatic N) is 2. The summed E-state index contributed by atoms with van der Waals surface area (Å²) in [4.78, 5) is 6.90. The number of furan rings is 3. The van der Waals surface area contributed by atoms with E-state index in [0.29, 0.717) is 0 Å². The molecule has 5 heteroatoms. The van der Waals surface area contributed by atoms with E-state index in [2.05, 4.69) is 186 Å². The molecule has 0 radical (unpaired) electrons. The van der Waals surface area contributed by atoms with E-state index < -0.39 is 5.41 Å². The van der Waals surface area contributed by atoms with Crippen molar-refractivity contribution in [1.82, 2.24) is 4.98 Å². The van der Waals surface area contributed by atoms with Crippen molar-refractivity contribution in [3.8, 4) is 22.6 Å². The number of allylic oxidation sites excluding steroid dienone is 3. The van der Waals surface area contributed by atoms with Crippen LogP contribution in [-0.4, -0.2) is 4.98 Å². The minimum Gasteiger partial charge on any atom is -0.461 e. The molecule has 63 heavy (non-hydrogen) atoms. The third-order valence-electron chi connectivity index (χ3n) is 13.4. The van der Waals surface area contributed by atoms with Crippen LogP contribution >= 0.6 is 0 Å². The maximum Gasteiger partial charge on any atom is 0.173 e. The molecule has 4 aromatic heterocycles. The van der Waals surface area contributed by atoms with Crippen LogP contribution in [0.1, 0.15) is 28.2 Å². The number of hydrogen-bond donors (Lipinski definition) is 0. The summed E-state index contributed by atoms with van der Waals surface area (Å²) in [5, 5.41) is 5.17. The fourth-order valence-corrected chi connectivity index (χ4v) is 10.7. The van der Waals surface area contributed by atoms with Crippen LogP contribution in [-0.2, 0) is 5.41 Å². The summed E-state index contributed by atoms with van der Waals surface area (Å²) in [6.45, 7) is 0. The number of aromatic nitrogens is 1. The highest BCUT2D eigenvalue weighted by atomic mass is 16.4. The summed E-state index contributed by atoms with van der Waals surface area (Å²) in [6.07, 6.45) is 10.8. The summed E-state index contributed by atoms with van der Waals surface area (Å²) in [7, 11) is 0. The molecule has 0 spiro atoms. The molecule has 298 valence electrons. The lowest BCUT2D eigenvalue weighted by molar-refractivity contribution is 0.456. The lowest BCUT2D eigenvalue weighted by atomic mass is 9.62. The first-order valence-electron chi connectivity index (χ1n) is 21.5. The Hall–Kier alpha value is -8.15. The average molecular weight is 811 g/mol. The van der Waals surface area contributed by atoms with E-state index in [1.165, 1.54) is 43.8 Å². The molecular weight excluding hydrogens is 773 g/mol. The molecule has 5 nitrogen and oxygen atoms in total. The van der Waals surface area contributed by atoms with Crippen LogP contribution in [0.4, 0.5) is 11.4 Å². The normalized spacial score (nSPS) is 16.4. The second-order valence-corrected chi connectivity index (χ2v) is 16.6. The van der Waals surface area contributed by atoms with Crippen LogP contribution < -0.4 is 4.90 Å². The maximum atomic E-state index is 6.26. The third kappa shape index (κ3) is 5.39. The van der Waals surface area contributed by atoms with Gasteiger partial charge in [0.2, 0.25) is 0 Å². The number of fused-ring (bicyclic) bond motifs is 10. The highest BCUT2D eigenvalue weighted by molar-refractivity contribution is 6.12. The van der Waals surface area contributed by atoms with Crippen molar-refractivity contribution in [1.29, 1.82) is 0 Å². The van der Waals surface area contributed by atoms with E-state index in [1.54, 1.807) is 12.5 Å². The van der Waals surface area contributed by atoms with Crippen LogP contribution in [0.3, 0.4) is 0 Å². The first-order valence-corrected chi connectivity index (χ1v) is 21.5. The number of benzene rings is 7. The first kappa shape index (κ1) is 35.6. The molecule has 11 aromatic rings. The quantitative estimate of drug-likeness (QED) is 0.150. The van der Waals surface area contributed by atoms with Gasteiger partial charge >= 0.3 is 0 Å². The SMILES string of the molecule is C1=CC2c3c(c4ccccc4c4ccccc34)C(c3ccccc3)(c3ccccc3)C2C=C1N(c1ccc(-c2cc3ncccc3o2)cc1)c1ccc(-c2cc3occc3o2)cc1. The highest BCUT2D eigenvalue weighted by Crippen LogP contribution is 2.63. The molecule has 13 rings (SSSR count). The Labute approximate surface area is 363 Å². The summed E-state index contributed by atoms with van der Waals surface area (Å²) in [5.41, 5.74) is 13.0. The van der Waals surface area contributed by atoms with Crippen molar-refractivity contribution in [2.24, 2.45) is 5.92 Å². The second-order valence-electron chi connectivity index (χ2n) is 16.6. The zero-order valence-corrected chi connectivity index (χ0v) is 34.1. The van der Waals surface area contributed by atoms with Gasteiger partial charge in [-0.25, -0.2) is 0 Å². The van der Waals surface area contributed by atoms with E-state index in [9.17, 15) is 0 Å². The zero-order chi connectivity index (χ0) is 41.5. The lowest BCUT2D eigenvalue weighted by Crippen LogP contribution is -2.36. The minimum absolute atomic E-state index is 0.0224. The Bertz CT molecular complexity index is 3470. The zero-order valence-electron chi connectivity index (χ0n) is 34.1. The Morgan fingerprint density at radius 1 is 0.508 bits per heavy atom. The molecule has 0 saturated heterocycles. The molecule has 2 aliphatic rings. The molecule has 2 unspecified atom stereocenters. The number of rotatable bonds is 7. The molecule has 0 N–H and O–H groups in total. The third-order valence-corrected chi connectivity index (χ3v) is 13.4. The summed E-state index contributed by atoms with van der Waals surface area (Å²) in [6, 6.07) is 67.4. The van der Waals surface area contributed by atoms with E-state index in [4.69, 9.17) is 13.3 Å². The molecule has 0 saturated carbocycles. The van der Waals surface area contributed by atoms with Crippen molar-refractivity contribution in [3.05, 3.63) is 247 Å². The highest BCUT2D eigenvalue weighted by Gasteiger charge is 2.55. The van der Waals surface area contributed by atoms with Gasteiger partial charge in [-0.1, -0.05) is 121 Å². The number of anilines is 2. The van der Waals surface area contributed by atoms with Gasteiger partial charge in [-0.3, -0.25) is 4.98 Å². The van der Waals surface area contributed by atoms with Crippen LogP contribution in [0.15, 0.2) is 238 Å². The van der Waals surface area contributed by atoms with Crippen LogP contribution in [0.25, 0.3) is 66.5 Å². The molecule has 7 aromatic carbocycles. The molecule has 4 heterocycles. The standard InChI is InChI=1S/C58H38N2O3/c1-3-12-39(13-4-1)58(40-14-5-2-6-15-40)49-34-43(29-30-48(49)56-46-18-9-7-16-44(46)45-17-8-10-19-47(45)57(56)58)60(42-27-23-38(24-28-42)54-36-55-52(63-54)31-33-61-55)41-25-21-37(22-26-41)53-35-50-51(62-53)20-11-32-59-50/h1-36,48-49H. The van der Waals surface area contributed by atoms with Gasteiger partial charge in [-0.05, 0) is 111 Å². The topological polar surface area (TPSA) is 55.6 Å². The van der Waals surface area contributed by atoms with E-state index >= 15 is 0 Å². The van der Waals surface area contributed by atoms with E-state index in [1.807, 2.05) is 30.3 Å². The van der Waals surface area contributed by atoms with E-state index in [-0.39, 0.29) is 11.8 Å². The lowest BCUT2D eigenvalue weighted by Gasteiger charge is -2.41. The Balaban J connectivity index is 1.03. The van der Waals surface area contributed by atoms with Crippen LogP contribution in [0.2, 0.25) is 0 Å².